The van der Waals surface area contributed by atoms with Gasteiger partial charge in [0.25, 0.3) is 5.92 Å². The van der Waals surface area contributed by atoms with Gasteiger partial charge in [-0.15, -0.1) is 0 Å². The molecule has 0 radical (unpaired) electrons. The Bertz CT molecular complexity index is 374. The monoisotopic (exact) mass is 225 g/mol. The predicted molar refractivity (Wildman–Crippen MR) is 60.6 cm³/mol. The molecule has 0 spiro atoms. The molecule has 0 amide bonds. The SMILES string of the molecule is NCCC(F)(F)c1ccc2c(c1)CCCC2. The first-order chi connectivity index (χ1) is 7.63. The summed E-state index contributed by atoms with van der Waals surface area (Å²) >= 11 is 0. The molecule has 0 atom stereocenters. The van der Waals surface area contributed by atoms with Crippen molar-refractivity contribution in [1.29, 1.82) is 0 Å². The third-order valence-corrected chi connectivity index (χ3v) is 3.23. The van der Waals surface area contributed by atoms with Gasteiger partial charge in [-0.25, -0.2) is 8.78 Å². The maximum absolute atomic E-state index is 13.6. The van der Waals surface area contributed by atoms with Crippen LogP contribution in [-0.4, -0.2) is 6.54 Å². The van der Waals surface area contributed by atoms with Crippen LogP contribution < -0.4 is 5.73 Å². The Balaban J connectivity index is 2.29. The largest absolute Gasteiger partial charge is 0.330 e. The lowest BCUT2D eigenvalue weighted by atomic mass is 9.89. The van der Waals surface area contributed by atoms with E-state index in [0.29, 0.717) is 0 Å². The van der Waals surface area contributed by atoms with E-state index in [4.69, 9.17) is 5.73 Å². The molecule has 2 rings (SSSR count). The summed E-state index contributed by atoms with van der Waals surface area (Å²) in [4.78, 5) is 0. The molecule has 0 aromatic heterocycles. The number of alkyl halides is 2. The molecule has 1 aliphatic rings. The summed E-state index contributed by atoms with van der Waals surface area (Å²) in [5, 5.41) is 0. The molecule has 1 aromatic rings. The molecule has 0 bridgehead atoms. The van der Waals surface area contributed by atoms with Gasteiger partial charge in [0.1, 0.15) is 0 Å². The molecule has 1 aliphatic carbocycles. The second kappa shape index (κ2) is 4.50. The van der Waals surface area contributed by atoms with Gasteiger partial charge >= 0.3 is 0 Å². The van der Waals surface area contributed by atoms with Gasteiger partial charge in [-0.3, -0.25) is 0 Å². The summed E-state index contributed by atoms with van der Waals surface area (Å²) in [6.07, 6.45) is 3.97. The zero-order valence-electron chi connectivity index (χ0n) is 9.31. The number of rotatable bonds is 3. The lowest BCUT2D eigenvalue weighted by Crippen LogP contribution is -2.19. The van der Waals surface area contributed by atoms with Gasteiger partial charge in [0, 0.05) is 12.0 Å². The molecule has 16 heavy (non-hydrogen) atoms. The fraction of sp³-hybridized carbons (Fsp3) is 0.538. The van der Waals surface area contributed by atoms with Gasteiger partial charge in [-0.1, -0.05) is 12.1 Å². The molecule has 0 saturated heterocycles. The van der Waals surface area contributed by atoms with Crippen molar-refractivity contribution < 1.29 is 8.78 Å². The third-order valence-electron chi connectivity index (χ3n) is 3.23. The van der Waals surface area contributed by atoms with Crippen LogP contribution in [0.2, 0.25) is 0 Å². The fourth-order valence-electron chi connectivity index (χ4n) is 2.29. The maximum atomic E-state index is 13.6. The van der Waals surface area contributed by atoms with E-state index in [1.54, 1.807) is 12.1 Å². The van der Waals surface area contributed by atoms with Crippen LogP contribution >= 0.6 is 0 Å². The molecular formula is C13H17F2N. The zero-order chi connectivity index (χ0) is 11.6. The number of hydrogen-bond acceptors (Lipinski definition) is 1. The van der Waals surface area contributed by atoms with Crippen molar-refractivity contribution in [2.75, 3.05) is 6.54 Å². The van der Waals surface area contributed by atoms with Crippen LogP contribution in [0.15, 0.2) is 18.2 Å². The first-order valence-corrected chi connectivity index (χ1v) is 5.83. The highest BCUT2D eigenvalue weighted by Gasteiger charge is 2.31. The molecule has 0 heterocycles. The van der Waals surface area contributed by atoms with E-state index in [1.807, 2.05) is 6.07 Å². The summed E-state index contributed by atoms with van der Waals surface area (Å²) in [7, 11) is 0. The number of halogens is 2. The van der Waals surface area contributed by atoms with E-state index in [0.717, 1.165) is 24.8 Å². The first kappa shape index (κ1) is 11.5. The number of nitrogens with two attached hydrogens (primary N) is 1. The van der Waals surface area contributed by atoms with Crippen LogP contribution in [0.1, 0.15) is 36.0 Å². The molecule has 2 N–H and O–H groups in total. The minimum Gasteiger partial charge on any atom is -0.330 e. The van der Waals surface area contributed by atoms with Crippen LogP contribution in [0.25, 0.3) is 0 Å². The van der Waals surface area contributed by atoms with Crippen molar-refractivity contribution in [3.05, 3.63) is 34.9 Å². The van der Waals surface area contributed by atoms with Crippen LogP contribution in [0, 0.1) is 0 Å². The zero-order valence-corrected chi connectivity index (χ0v) is 9.31. The van der Waals surface area contributed by atoms with Crippen molar-refractivity contribution in [2.45, 2.75) is 38.0 Å². The van der Waals surface area contributed by atoms with Gasteiger partial charge in [-0.05, 0) is 49.4 Å². The third kappa shape index (κ3) is 2.24. The molecule has 1 aromatic carbocycles. The summed E-state index contributed by atoms with van der Waals surface area (Å²) in [6, 6.07) is 5.08. The van der Waals surface area contributed by atoms with Crippen molar-refractivity contribution in [2.24, 2.45) is 5.73 Å². The highest BCUT2D eigenvalue weighted by atomic mass is 19.3. The molecule has 0 aliphatic heterocycles. The smallest absolute Gasteiger partial charge is 0.274 e. The van der Waals surface area contributed by atoms with E-state index in [9.17, 15) is 8.78 Å². The Hall–Kier alpha value is -0.960. The summed E-state index contributed by atoms with van der Waals surface area (Å²) in [5.41, 5.74) is 7.67. The Morgan fingerprint density at radius 2 is 1.81 bits per heavy atom. The van der Waals surface area contributed by atoms with E-state index < -0.39 is 5.92 Å². The fourth-order valence-corrected chi connectivity index (χ4v) is 2.29. The van der Waals surface area contributed by atoms with Gasteiger partial charge in [0.15, 0.2) is 0 Å². The lowest BCUT2D eigenvalue weighted by molar-refractivity contribution is -0.0108. The molecule has 1 nitrogen and oxygen atoms in total. The van der Waals surface area contributed by atoms with Gasteiger partial charge in [0.05, 0.1) is 0 Å². The standard InChI is InChI=1S/C13H17F2N/c14-13(15,7-8-16)12-6-5-10-3-1-2-4-11(10)9-12/h5-6,9H,1-4,7-8,16H2. The summed E-state index contributed by atoms with van der Waals surface area (Å²) in [6.45, 7) is 0.0179. The van der Waals surface area contributed by atoms with Crippen molar-refractivity contribution in [1.82, 2.24) is 0 Å². The average molecular weight is 225 g/mol. The van der Waals surface area contributed by atoms with Crippen molar-refractivity contribution in [3.8, 4) is 0 Å². The van der Waals surface area contributed by atoms with Crippen molar-refractivity contribution in [3.63, 3.8) is 0 Å². The van der Waals surface area contributed by atoms with E-state index in [-0.39, 0.29) is 18.5 Å². The van der Waals surface area contributed by atoms with E-state index in [2.05, 4.69) is 0 Å². The van der Waals surface area contributed by atoms with E-state index in [1.165, 1.54) is 12.0 Å². The number of aryl methyl sites for hydroxylation is 2. The van der Waals surface area contributed by atoms with Crippen LogP contribution in [0.3, 0.4) is 0 Å². The molecule has 0 fully saturated rings. The minimum atomic E-state index is -2.78. The molecular weight excluding hydrogens is 208 g/mol. The van der Waals surface area contributed by atoms with Gasteiger partial charge < -0.3 is 5.73 Å². The highest BCUT2D eigenvalue weighted by Crippen LogP contribution is 2.33. The normalized spacial score (nSPS) is 15.9. The highest BCUT2D eigenvalue weighted by molar-refractivity contribution is 5.35. The second-order valence-corrected chi connectivity index (χ2v) is 4.43. The van der Waals surface area contributed by atoms with Crippen LogP contribution in [-0.2, 0) is 18.8 Å². The lowest BCUT2D eigenvalue weighted by Gasteiger charge is -2.20. The Kier molecular flexibility index (Phi) is 3.24. The summed E-state index contributed by atoms with van der Waals surface area (Å²) < 4.78 is 27.3. The molecule has 0 unspecified atom stereocenters. The Morgan fingerprint density at radius 3 is 2.50 bits per heavy atom. The number of hydrogen-bond donors (Lipinski definition) is 1. The topological polar surface area (TPSA) is 26.0 Å². The first-order valence-electron chi connectivity index (χ1n) is 5.83. The minimum absolute atomic E-state index is 0.0179. The van der Waals surface area contributed by atoms with Gasteiger partial charge in [-0.2, -0.15) is 0 Å². The number of benzene rings is 1. The van der Waals surface area contributed by atoms with Crippen molar-refractivity contribution >= 4 is 0 Å². The maximum Gasteiger partial charge on any atom is 0.274 e. The molecule has 3 heteroatoms. The summed E-state index contributed by atoms with van der Waals surface area (Å²) in [5.74, 6) is -2.78. The van der Waals surface area contributed by atoms with Gasteiger partial charge in [0.2, 0.25) is 0 Å². The Morgan fingerprint density at radius 1 is 1.12 bits per heavy atom. The molecule has 88 valence electrons. The average Bonchev–Trinajstić information content (AvgIpc) is 2.28. The van der Waals surface area contributed by atoms with Crippen LogP contribution in [0.4, 0.5) is 8.78 Å². The molecule has 0 saturated carbocycles. The predicted octanol–water partition coefficient (Wildman–Crippen LogP) is 3.01. The second-order valence-electron chi connectivity index (χ2n) is 4.43. The van der Waals surface area contributed by atoms with E-state index >= 15 is 0 Å². The quantitative estimate of drug-likeness (QED) is 0.840. The number of fused-ring (bicyclic) bond motifs is 1. The Labute approximate surface area is 94.7 Å². The van der Waals surface area contributed by atoms with Crippen LogP contribution in [0.5, 0.6) is 0 Å².